The molecule has 0 aliphatic rings. The van der Waals surface area contributed by atoms with E-state index in [4.69, 9.17) is 0 Å². The molecule has 4 nitrogen and oxygen atoms in total. The van der Waals surface area contributed by atoms with Crippen molar-refractivity contribution in [1.82, 2.24) is 20.3 Å². The highest BCUT2D eigenvalue weighted by Crippen LogP contribution is 2.31. The van der Waals surface area contributed by atoms with Gasteiger partial charge in [-0.05, 0) is 50.5 Å². The van der Waals surface area contributed by atoms with Gasteiger partial charge in [-0.2, -0.15) is 0 Å². The summed E-state index contributed by atoms with van der Waals surface area (Å²) in [5.74, 6) is 0.913. The van der Waals surface area contributed by atoms with E-state index in [1.54, 1.807) is 0 Å². The molecule has 0 bridgehead atoms. The quantitative estimate of drug-likeness (QED) is 0.723. The molecule has 0 saturated carbocycles. The Kier molecular flexibility index (Phi) is 6.07. The van der Waals surface area contributed by atoms with E-state index in [2.05, 4.69) is 72.6 Å². The topological polar surface area (TPSA) is 42.7 Å². The second kappa shape index (κ2) is 7.59. The Labute approximate surface area is 140 Å². The summed E-state index contributed by atoms with van der Waals surface area (Å²) in [6.07, 6.45) is 0. The van der Waals surface area contributed by atoms with Gasteiger partial charge >= 0.3 is 0 Å². The highest BCUT2D eigenvalue weighted by atomic mass is 79.9. The van der Waals surface area contributed by atoms with Crippen LogP contribution in [0.2, 0.25) is 0 Å². The van der Waals surface area contributed by atoms with Crippen molar-refractivity contribution in [2.75, 3.05) is 12.3 Å². The third-order valence-corrected chi connectivity index (χ3v) is 5.54. The number of benzene rings is 1. The lowest BCUT2D eigenvalue weighted by molar-refractivity contribution is 0.548. The Bertz CT molecular complexity index is 554. The number of halogens is 2. The second-order valence-corrected chi connectivity index (χ2v) is 6.91. The number of thioether (sulfide) groups is 1. The molecule has 2 aromatic rings. The summed E-state index contributed by atoms with van der Waals surface area (Å²) in [5, 5.41) is 11.6. The van der Waals surface area contributed by atoms with Crippen molar-refractivity contribution in [3.63, 3.8) is 0 Å². The molecular formula is C13H16Br2N4S. The van der Waals surface area contributed by atoms with Gasteiger partial charge in [0.25, 0.3) is 0 Å². The predicted octanol–water partition coefficient (Wildman–Crippen LogP) is 3.78. The van der Waals surface area contributed by atoms with Crippen LogP contribution in [0.3, 0.4) is 0 Å². The number of nitrogens with zero attached hydrogens (tertiary/aromatic N) is 3. The molecular weight excluding hydrogens is 404 g/mol. The van der Waals surface area contributed by atoms with Crippen molar-refractivity contribution in [3.8, 4) is 0 Å². The van der Waals surface area contributed by atoms with Crippen LogP contribution in [0, 0.1) is 0 Å². The summed E-state index contributed by atoms with van der Waals surface area (Å²) in [4.78, 5) is 1.24. The minimum absolute atomic E-state index is 0.200. The van der Waals surface area contributed by atoms with Crippen LogP contribution in [-0.2, 0) is 7.05 Å². The molecule has 20 heavy (non-hydrogen) atoms. The van der Waals surface area contributed by atoms with Crippen LogP contribution in [0.4, 0.5) is 0 Å². The maximum atomic E-state index is 4.06. The van der Waals surface area contributed by atoms with Gasteiger partial charge in [0.05, 0.1) is 11.7 Å². The molecule has 2 rings (SSSR count). The Hall–Kier alpha value is -0.370. The molecule has 108 valence electrons. The van der Waals surface area contributed by atoms with E-state index in [0.29, 0.717) is 0 Å². The number of nitrogens with one attached hydrogen (secondary N) is 1. The molecule has 0 aliphatic heterocycles. The molecule has 1 atom stereocenters. The smallest absolute Gasteiger partial charge is 0.153 e. The third kappa shape index (κ3) is 3.84. The normalized spacial score (nSPS) is 12.6. The lowest BCUT2D eigenvalue weighted by Gasteiger charge is -2.18. The van der Waals surface area contributed by atoms with Crippen molar-refractivity contribution >= 4 is 43.6 Å². The SMILES string of the molecule is CCNC(CSc1ccccc1Br)c1c(Br)nnn1C. The first-order valence-corrected chi connectivity index (χ1v) is 8.86. The first kappa shape index (κ1) is 16.0. The molecule has 0 fully saturated rings. The van der Waals surface area contributed by atoms with Crippen LogP contribution in [-0.4, -0.2) is 27.3 Å². The number of aryl methyl sites for hydroxylation is 1. The number of rotatable bonds is 6. The van der Waals surface area contributed by atoms with E-state index in [1.165, 1.54) is 4.90 Å². The second-order valence-electron chi connectivity index (χ2n) is 4.24. The van der Waals surface area contributed by atoms with Crippen LogP contribution < -0.4 is 5.32 Å². The van der Waals surface area contributed by atoms with Gasteiger partial charge in [-0.3, -0.25) is 0 Å². The number of hydrogen-bond acceptors (Lipinski definition) is 4. The average Bonchev–Trinajstić information content (AvgIpc) is 2.76. The molecule has 1 aromatic carbocycles. The molecule has 0 saturated heterocycles. The first-order chi connectivity index (χ1) is 9.63. The first-order valence-electron chi connectivity index (χ1n) is 6.29. The monoisotopic (exact) mass is 418 g/mol. The molecule has 1 unspecified atom stereocenters. The zero-order valence-electron chi connectivity index (χ0n) is 11.3. The average molecular weight is 420 g/mol. The van der Waals surface area contributed by atoms with E-state index in [1.807, 2.05) is 29.6 Å². The number of aromatic nitrogens is 3. The largest absolute Gasteiger partial charge is 0.308 e. The summed E-state index contributed by atoms with van der Waals surface area (Å²) in [7, 11) is 1.92. The molecule has 1 N–H and O–H groups in total. The standard InChI is InChI=1S/C13H16Br2N4S/c1-3-16-10(12-13(15)17-18-19(12)2)8-20-11-7-5-4-6-9(11)14/h4-7,10,16H,3,8H2,1-2H3. The van der Waals surface area contributed by atoms with E-state index in [-0.39, 0.29) is 6.04 Å². The zero-order chi connectivity index (χ0) is 14.5. The minimum Gasteiger partial charge on any atom is -0.308 e. The number of hydrogen-bond donors (Lipinski definition) is 1. The van der Waals surface area contributed by atoms with Crippen molar-refractivity contribution in [2.24, 2.45) is 7.05 Å². The Balaban J connectivity index is 2.13. The van der Waals surface area contributed by atoms with Crippen molar-refractivity contribution in [2.45, 2.75) is 17.9 Å². The van der Waals surface area contributed by atoms with Crippen LogP contribution in [0.1, 0.15) is 18.7 Å². The summed E-state index contributed by atoms with van der Waals surface area (Å²) in [6.45, 7) is 3.01. The molecule has 0 amide bonds. The summed E-state index contributed by atoms with van der Waals surface area (Å²) < 4.78 is 3.75. The Morgan fingerprint density at radius 3 is 2.70 bits per heavy atom. The summed E-state index contributed by atoms with van der Waals surface area (Å²) in [6, 6.07) is 8.46. The zero-order valence-corrected chi connectivity index (χ0v) is 15.3. The Morgan fingerprint density at radius 2 is 2.10 bits per heavy atom. The predicted molar refractivity (Wildman–Crippen MR) is 90.0 cm³/mol. The van der Waals surface area contributed by atoms with E-state index >= 15 is 0 Å². The fraction of sp³-hybridized carbons (Fsp3) is 0.385. The highest BCUT2D eigenvalue weighted by Gasteiger charge is 2.19. The van der Waals surface area contributed by atoms with Crippen LogP contribution in [0.5, 0.6) is 0 Å². The lowest BCUT2D eigenvalue weighted by atomic mass is 10.2. The van der Waals surface area contributed by atoms with Gasteiger partial charge < -0.3 is 5.32 Å². The van der Waals surface area contributed by atoms with Crippen molar-refractivity contribution in [1.29, 1.82) is 0 Å². The Morgan fingerprint density at radius 1 is 1.35 bits per heavy atom. The van der Waals surface area contributed by atoms with Gasteiger partial charge in [-0.25, -0.2) is 4.68 Å². The molecule has 0 spiro atoms. The fourth-order valence-corrected chi connectivity index (χ4v) is 4.16. The molecule has 7 heteroatoms. The van der Waals surface area contributed by atoms with E-state index in [0.717, 1.165) is 27.1 Å². The van der Waals surface area contributed by atoms with E-state index < -0.39 is 0 Å². The van der Waals surface area contributed by atoms with Gasteiger partial charge in [0, 0.05) is 22.2 Å². The van der Waals surface area contributed by atoms with Gasteiger partial charge in [-0.1, -0.05) is 24.3 Å². The molecule has 0 radical (unpaired) electrons. The van der Waals surface area contributed by atoms with Crippen molar-refractivity contribution < 1.29 is 0 Å². The molecule has 1 aromatic heterocycles. The van der Waals surface area contributed by atoms with Gasteiger partial charge in [-0.15, -0.1) is 16.9 Å². The maximum Gasteiger partial charge on any atom is 0.153 e. The van der Waals surface area contributed by atoms with Crippen LogP contribution in [0.25, 0.3) is 0 Å². The molecule has 1 heterocycles. The van der Waals surface area contributed by atoms with Crippen LogP contribution >= 0.6 is 43.6 Å². The van der Waals surface area contributed by atoms with Gasteiger partial charge in [0.15, 0.2) is 4.60 Å². The fourth-order valence-electron chi connectivity index (χ4n) is 1.92. The van der Waals surface area contributed by atoms with Crippen molar-refractivity contribution in [3.05, 3.63) is 39.0 Å². The van der Waals surface area contributed by atoms with Crippen LogP contribution in [0.15, 0.2) is 38.2 Å². The highest BCUT2D eigenvalue weighted by molar-refractivity contribution is 9.10. The summed E-state index contributed by atoms with van der Waals surface area (Å²) in [5.41, 5.74) is 1.08. The summed E-state index contributed by atoms with van der Waals surface area (Å²) >= 11 is 8.87. The van der Waals surface area contributed by atoms with E-state index in [9.17, 15) is 0 Å². The van der Waals surface area contributed by atoms with Gasteiger partial charge in [0.2, 0.25) is 0 Å². The van der Waals surface area contributed by atoms with Gasteiger partial charge in [0.1, 0.15) is 0 Å². The lowest BCUT2D eigenvalue weighted by Crippen LogP contribution is -2.25. The third-order valence-electron chi connectivity index (χ3n) is 2.85. The molecule has 0 aliphatic carbocycles. The minimum atomic E-state index is 0.200. The maximum absolute atomic E-state index is 4.06.